The molecule has 0 heterocycles. The molecule has 53 valence electrons. The highest BCUT2D eigenvalue weighted by atomic mass is 28.3. The Morgan fingerprint density at radius 3 is 2.40 bits per heavy atom. The third kappa shape index (κ3) is 1.69. The van der Waals surface area contributed by atoms with Crippen molar-refractivity contribution in [1.29, 1.82) is 0 Å². The lowest BCUT2D eigenvalue weighted by atomic mass is 10.4. The molecule has 0 aliphatic carbocycles. The monoisotopic (exact) mass is 151 g/mol. The molecule has 1 aromatic carbocycles. The van der Waals surface area contributed by atoms with E-state index in [0.29, 0.717) is 0 Å². The average Bonchev–Trinajstić information content (AvgIpc) is 2.05. The quantitative estimate of drug-likeness (QED) is 0.574. The van der Waals surface area contributed by atoms with Crippen molar-refractivity contribution < 1.29 is 4.43 Å². The molecule has 1 unspecified atom stereocenters. The van der Waals surface area contributed by atoms with Crippen LogP contribution in [0.1, 0.15) is 0 Å². The van der Waals surface area contributed by atoms with Crippen LogP contribution in [-0.4, -0.2) is 9.04 Å². The molecule has 0 aromatic heterocycles. The molecule has 0 aliphatic heterocycles. The van der Waals surface area contributed by atoms with Crippen LogP contribution in [0.5, 0.6) is 0 Å². The van der Waals surface area contributed by atoms with Crippen LogP contribution < -0.4 is 5.19 Å². The fraction of sp³-hybridized carbons (Fsp3) is 0.125. The largest absolute Gasteiger partial charge is 0.413 e. The minimum atomic E-state index is -1.15. The maximum absolute atomic E-state index is 5.03. The van der Waals surface area contributed by atoms with Gasteiger partial charge < -0.3 is 4.43 Å². The van der Waals surface area contributed by atoms with E-state index in [9.17, 15) is 0 Å². The van der Waals surface area contributed by atoms with Crippen LogP contribution in [-0.2, 0) is 4.43 Å². The second-order valence-electron chi connectivity index (χ2n) is 2.22. The molecule has 1 aromatic rings. The highest BCUT2D eigenvalue weighted by Gasteiger charge is 2.02. The van der Waals surface area contributed by atoms with Crippen molar-refractivity contribution in [3.8, 4) is 0 Å². The summed E-state index contributed by atoms with van der Waals surface area (Å²) in [5, 5.41) is 1.30. The van der Waals surface area contributed by atoms with E-state index in [2.05, 4.69) is 25.8 Å². The van der Waals surface area contributed by atoms with Gasteiger partial charge >= 0.3 is 0 Å². The first kappa shape index (κ1) is 7.50. The van der Waals surface area contributed by atoms with Crippen molar-refractivity contribution in [2.75, 3.05) is 0 Å². The Balaban J connectivity index is 2.75. The molecule has 1 rings (SSSR count). The van der Waals surface area contributed by atoms with Gasteiger partial charge in [-0.15, -0.1) is 0 Å². The molecular formula is C8H11OSi. The van der Waals surface area contributed by atoms with E-state index in [0.717, 1.165) is 0 Å². The lowest BCUT2D eigenvalue weighted by Gasteiger charge is -2.05. The Kier molecular flexibility index (Phi) is 2.65. The molecule has 0 saturated carbocycles. The van der Waals surface area contributed by atoms with Gasteiger partial charge in [0.2, 0.25) is 9.04 Å². The van der Waals surface area contributed by atoms with Gasteiger partial charge in [0, 0.05) is 0 Å². The van der Waals surface area contributed by atoms with Crippen LogP contribution in [0.4, 0.5) is 0 Å². The number of hydrogen-bond acceptors (Lipinski definition) is 1. The summed E-state index contributed by atoms with van der Waals surface area (Å²) in [5.74, 6) is 0. The van der Waals surface area contributed by atoms with Crippen molar-refractivity contribution in [3.63, 3.8) is 0 Å². The summed E-state index contributed by atoms with van der Waals surface area (Å²) >= 11 is 0. The fourth-order valence-corrected chi connectivity index (χ4v) is 1.78. The van der Waals surface area contributed by atoms with Crippen LogP contribution in [0.2, 0.25) is 6.55 Å². The third-order valence-corrected chi connectivity index (χ3v) is 3.34. The Morgan fingerprint density at radius 1 is 1.30 bits per heavy atom. The Hall–Kier alpha value is -0.603. The highest BCUT2D eigenvalue weighted by molar-refractivity contribution is 6.66. The number of benzene rings is 1. The summed E-state index contributed by atoms with van der Waals surface area (Å²) in [5.41, 5.74) is 0. The van der Waals surface area contributed by atoms with Gasteiger partial charge in [0.1, 0.15) is 0 Å². The molecule has 0 fully saturated rings. The summed E-state index contributed by atoms with van der Waals surface area (Å²) in [7, 11) is 2.27. The first-order valence-electron chi connectivity index (χ1n) is 3.30. The predicted octanol–water partition coefficient (Wildman–Crippen LogP) is 1.06. The van der Waals surface area contributed by atoms with E-state index in [1.807, 2.05) is 18.2 Å². The van der Waals surface area contributed by atoms with E-state index < -0.39 is 9.04 Å². The maximum atomic E-state index is 5.03. The second-order valence-corrected chi connectivity index (χ2v) is 4.50. The van der Waals surface area contributed by atoms with Gasteiger partial charge in [-0.1, -0.05) is 30.3 Å². The molecule has 1 atom stereocenters. The van der Waals surface area contributed by atoms with E-state index in [4.69, 9.17) is 4.43 Å². The second kappa shape index (κ2) is 3.54. The molecule has 1 nitrogen and oxygen atoms in total. The third-order valence-electron chi connectivity index (χ3n) is 1.52. The zero-order valence-electron chi connectivity index (χ0n) is 6.08. The van der Waals surface area contributed by atoms with Crippen molar-refractivity contribution in [3.05, 3.63) is 37.4 Å². The van der Waals surface area contributed by atoms with Gasteiger partial charge in [-0.3, -0.25) is 0 Å². The summed E-state index contributed by atoms with van der Waals surface area (Å²) in [4.78, 5) is 0. The lowest BCUT2D eigenvalue weighted by Crippen LogP contribution is -2.27. The molecule has 2 heteroatoms. The Labute approximate surface area is 63.4 Å². The standard InChI is InChI=1S/C8H11OSi/c1-9-10(2)8-6-4-3-5-7-8/h3-7,10H,1H2,2H3. The summed E-state index contributed by atoms with van der Waals surface area (Å²) < 4.78 is 5.03. The molecule has 0 saturated heterocycles. The highest BCUT2D eigenvalue weighted by Crippen LogP contribution is 1.88. The van der Waals surface area contributed by atoms with Crippen LogP contribution in [0, 0.1) is 7.11 Å². The van der Waals surface area contributed by atoms with Crippen LogP contribution in [0.15, 0.2) is 30.3 Å². The Morgan fingerprint density at radius 2 is 1.90 bits per heavy atom. The van der Waals surface area contributed by atoms with Crippen LogP contribution in [0.3, 0.4) is 0 Å². The first-order chi connectivity index (χ1) is 4.84. The molecule has 0 N–H and O–H groups in total. The van der Waals surface area contributed by atoms with Crippen molar-refractivity contribution >= 4 is 14.2 Å². The molecule has 0 aliphatic rings. The SMILES string of the molecule is [CH2]O[SiH](C)c1ccccc1. The van der Waals surface area contributed by atoms with Crippen LogP contribution >= 0.6 is 0 Å². The van der Waals surface area contributed by atoms with E-state index in [-0.39, 0.29) is 0 Å². The average molecular weight is 151 g/mol. The lowest BCUT2D eigenvalue weighted by molar-refractivity contribution is 0.497. The maximum Gasteiger partial charge on any atom is 0.205 e. The molecule has 10 heavy (non-hydrogen) atoms. The number of rotatable bonds is 2. The molecular weight excluding hydrogens is 140 g/mol. The van der Waals surface area contributed by atoms with Crippen molar-refractivity contribution in [2.24, 2.45) is 0 Å². The minimum absolute atomic E-state index is 1.15. The minimum Gasteiger partial charge on any atom is -0.413 e. The van der Waals surface area contributed by atoms with E-state index in [1.54, 1.807) is 0 Å². The molecule has 0 spiro atoms. The summed E-state index contributed by atoms with van der Waals surface area (Å²) in [6.07, 6.45) is 0. The molecule has 0 bridgehead atoms. The van der Waals surface area contributed by atoms with Gasteiger partial charge in [-0.25, -0.2) is 0 Å². The normalized spacial score (nSPS) is 13.0. The Bertz CT molecular complexity index is 186. The van der Waals surface area contributed by atoms with Gasteiger partial charge in [0.05, 0.1) is 7.11 Å². The molecule has 1 radical (unpaired) electrons. The van der Waals surface area contributed by atoms with Gasteiger partial charge in [-0.05, 0) is 11.7 Å². The van der Waals surface area contributed by atoms with Crippen molar-refractivity contribution in [1.82, 2.24) is 0 Å². The fourth-order valence-electron chi connectivity index (χ4n) is 0.820. The van der Waals surface area contributed by atoms with Gasteiger partial charge in [0.25, 0.3) is 0 Å². The van der Waals surface area contributed by atoms with E-state index >= 15 is 0 Å². The van der Waals surface area contributed by atoms with Gasteiger partial charge in [-0.2, -0.15) is 0 Å². The molecule has 0 amide bonds. The summed E-state index contributed by atoms with van der Waals surface area (Å²) in [6.45, 7) is 2.11. The first-order valence-corrected chi connectivity index (χ1v) is 5.50. The summed E-state index contributed by atoms with van der Waals surface area (Å²) in [6, 6.07) is 10.2. The smallest absolute Gasteiger partial charge is 0.205 e. The topological polar surface area (TPSA) is 9.23 Å². The van der Waals surface area contributed by atoms with Crippen molar-refractivity contribution in [2.45, 2.75) is 6.55 Å². The zero-order chi connectivity index (χ0) is 7.40. The van der Waals surface area contributed by atoms with Gasteiger partial charge in [0.15, 0.2) is 0 Å². The zero-order valence-corrected chi connectivity index (χ0v) is 7.23. The van der Waals surface area contributed by atoms with E-state index in [1.165, 1.54) is 5.19 Å². The predicted molar refractivity (Wildman–Crippen MR) is 45.5 cm³/mol. The van der Waals surface area contributed by atoms with Crippen LogP contribution in [0.25, 0.3) is 0 Å². The number of hydrogen-bond donors (Lipinski definition) is 0.